The van der Waals surface area contributed by atoms with Crippen molar-refractivity contribution < 1.29 is 14.6 Å². The van der Waals surface area contributed by atoms with Crippen LogP contribution in [0.4, 0.5) is 0 Å². The average Bonchev–Trinajstić information content (AvgIpc) is 3.49. The summed E-state index contributed by atoms with van der Waals surface area (Å²) in [6.07, 6.45) is 6.53. The number of nitrogens with zero attached hydrogens (tertiary/aromatic N) is 1. The minimum Gasteiger partial charge on any atom is -0.481 e. The number of piperidine rings is 1. The van der Waals surface area contributed by atoms with E-state index < -0.39 is 11.4 Å². The highest BCUT2D eigenvalue weighted by molar-refractivity contribution is 5.78. The molecule has 3 fully saturated rings. The van der Waals surface area contributed by atoms with Gasteiger partial charge in [-0.15, -0.1) is 0 Å². The molecule has 24 heavy (non-hydrogen) atoms. The zero-order valence-corrected chi connectivity index (χ0v) is 15.4. The Kier molecular flexibility index (Phi) is 5.52. The van der Waals surface area contributed by atoms with E-state index in [1.54, 1.807) is 0 Å². The van der Waals surface area contributed by atoms with Gasteiger partial charge in [0.05, 0.1) is 12.0 Å². The van der Waals surface area contributed by atoms with Crippen molar-refractivity contribution in [1.29, 1.82) is 0 Å². The first-order chi connectivity index (χ1) is 11.5. The molecule has 0 radical (unpaired) electrons. The summed E-state index contributed by atoms with van der Waals surface area (Å²) in [6.45, 7) is 9.74. The summed E-state index contributed by atoms with van der Waals surface area (Å²) >= 11 is 0. The van der Waals surface area contributed by atoms with E-state index in [0.717, 1.165) is 71.0 Å². The third kappa shape index (κ3) is 4.12. The van der Waals surface area contributed by atoms with Crippen molar-refractivity contribution in [1.82, 2.24) is 10.2 Å². The highest BCUT2D eigenvalue weighted by Crippen LogP contribution is 2.47. The van der Waals surface area contributed by atoms with Crippen LogP contribution in [0.2, 0.25) is 0 Å². The summed E-state index contributed by atoms with van der Waals surface area (Å²) < 4.78 is 5.82. The van der Waals surface area contributed by atoms with Gasteiger partial charge in [0.15, 0.2) is 0 Å². The fraction of sp³-hybridized carbons (Fsp3) is 0.947. The smallest absolute Gasteiger partial charge is 0.310 e. The van der Waals surface area contributed by atoms with Crippen LogP contribution in [0.1, 0.15) is 52.4 Å². The third-order valence-electron chi connectivity index (χ3n) is 6.55. The van der Waals surface area contributed by atoms with Crippen LogP contribution in [0.5, 0.6) is 0 Å². The third-order valence-corrected chi connectivity index (χ3v) is 6.55. The minimum absolute atomic E-state index is 0.229. The molecule has 1 unspecified atom stereocenters. The minimum atomic E-state index is -0.602. The second kappa shape index (κ2) is 7.30. The Morgan fingerprint density at radius 2 is 1.96 bits per heavy atom. The predicted molar refractivity (Wildman–Crippen MR) is 94.1 cm³/mol. The highest BCUT2D eigenvalue weighted by Gasteiger charge is 2.52. The SMILES string of the molecule is CCOCC1(CN[C@@H]2CC2CC)CCN(CC2(C(=O)O)CC2)CC1. The van der Waals surface area contributed by atoms with Gasteiger partial charge in [0.25, 0.3) is 0 Å². The molecule has 2 aliphatic carbocycles. The Morgan fingerprint density at radius 3 is 2.46 bits per heavy atom. The number of likely N-dealkylation sites (tertiary alicyclic amines) is 1. The molecule has 2 N–H and O–H groups in total. The van der Waals surface area contributed by atoms with Crippen LogP contribution in [0.15, 0.2) is 0 Å². The highest BCUT2D eigenvalue weighted by atomic mass is 16.5. The van der Waals surface area contributed by atoms with E-state index in [-0.39, 0.29) is 5.41 Å². The molecule has 3 rings (SSSR count). The predicted octanol–water partition coefficient (Wildman–Crippen LogP) is 2.36. The number of carboxylic acids is 1. The van der Waals surface area contributed by atoms with E-state index in [2.05, 4.69) is 24.1 Å². The second-order valence-electron chi connectivity index (χ2n) is 8.39. The van der Waals surface area contributed by atoms with E-state index in [9.17, 15) is 9.90 Å². The van der Waals surface area contributed by atoms with E-state index in [1.165, 1.54) is 12.8 Å². The molecule has 1 heterocycles. The number of carboxylic acid groups (broad SMARTS) is 1. The number of aliphatic carboxylic acids is 1. The van der Waals surface area contributed by atoms with E-state index in [1.807, 2.05) is 0 Å². The first-order valence-corrected chi connectivity index (χ1v) is 9.79. The van der Waals surface area contributed by atoms with E-state index >= 15 is 0 Å². The van der Waals surface area contributed by atoms with Gasteiger partial charge in [0, 0.05) is 31.2 Å². The van der Waals surface area contributed by atoms with Crippen molar-refractivity contribution in [3.8, 4) is 0 Å². The van der Waals surface area contributed by atoms with Crippen molar-refractivity contribution in [2.24, 2.45) is 16.7 Å². The van der Waals surface area contributed by atoms with Gasteiger partial charge >= 0.3 is 5.97 Å². The monoisotopic (exact) mass is 338 g/mol. The van der Waals surface area contributed by atoms with Crippen LogP contribution in [0.25, 0.3) is 0 Å². The number of carbonyl (C=O) groups is 1. The summed E-state index contributed by atoms with van der Waals surface area (Å²) in [5, 5.41) is 13.2. The molecule has 0 aromatic carbocycles. The lowest BCUT2D eigenvalue weighted by atomic mass is 9.78. The normalized spacial score (nSPS) is 30.9. The van der Waals surface area contributed by atoms with Crippen molar-refractivity contribution in [3.05, 3.63) is 0 Å². The number of hydrogen-bond donors (Lipinski definition) is 2. The van der Waals surface area contributed by atoms with Crippen LogP contribution < -0.4 is 5.32 Å². The summed E-state index contributed by atoms with van der Waals surface area (Å²) in [5.41, 5.74) is -0.201. The van der Waals surface area contributed by atoms with E-state index in [0.29, 0.717) is 6.04 Å². The molecule has 2 atom stereocenters. The maximum Gasteiger partial charge on any atom is 0.310 e. The van der Waals surface area contributed by atoms with E-state index in [4.69, 9.17) is 4.74 Å². The van der Waals surface area contributed by atoms with Gasteiger partial charge in [-0.2, -0.15) is 0 Å². The quantitative estimate of drug-likeness (QED) is 0.640. The topological polar surface area (TPSA) is 61.8 Å². The Morgan fingerprint density at radius 1 is 1.25 bits per heavy atom. The van der Waals surface area contributed by atoms with Gasteiger partial charge in [0.1, 0.15) is 0 Å². The molecule has 0 amide bonds. The number of nitrogens with one attached hydrogen (secondary N) is 1. The molecule has 0 bridgehead atoms. The Hall–Kier alpha value is -0.650. The summed E-state index contributed by atoms with van der Waals surface area (Å²) in [7, 11) is 0. The molecule has 2 saturated carbocycles. The number of ether oxygens (including phenoxy) is 1. The van der Waals surface area contributed by atoms with Gasteiger partial charge in [-0.3, -0.25) is 4.79 Å². The summed E-state index contributed by atoms with van der Waals surface area (Å²) in [4.78, 5) is 13.8. The summed E-state index contributed by atoms with van der Waals surface area (Å²) in [5.74, 6) is 0.272. The van der Waals surface area contributed by atoms with Gasteiger partial charge in [-0.05, 0) is 58.0 Å². The fourth-order valence-electron chi connectivity index (χ4n) is 4.19. The molecule has 5 heteroatoms. The molecular formula is C19H34N2O3. The molecular weight excluding hydrogens is 304 g/mol. The van der Waals surface area contributed by atoms with Crippen molar-refractivity contribution in [2.75, 3.05) is 39.4 Å². The first kappa shape index (κ1) is 18.2. The molecule has 1 saturated heterocycles. The Bertz CT molecular complexity index is 442. The molecule has 3 aliphatic rings. The van der Waals surface area contributed by atoms with Gasteiger partial charge in [0.2, 0.25) is 0 Å². The van der Waals surface area contributed by atoms with Gasteiger partial charge < -0.3 is 20.1 Å². The molecule has 0 aromatic rings. The molecule has 138 valence electrons. The second-order valence-corrected chi connectivity index (χ2v) is 8.39. The van der Waals surface area contributed by atoms with Gasteiger partial charge in [-0.25, -0.2) is 0 Å². The van der Waals surface area contributed by atoms with Crippen LogP contribution >= 0.6 is 0 Å². The fourth-order valence-corrected chi connectivity index (χ4v) is 4.19. The van der Waals surface area contributed by atoms with Crippen LogP contribution in [0.3, 0.4) is 0 Å². The number of hydrogen-bond acceptors (Lipinski definition) is 4. The van der Waals surface area contributed by atoms with Crippen molar-refractivity contribution in [2.45, 2.75) is 58.4 Å². The van der Waals surface area contributed by atoms with Crippen LogP contribution in [-0.2, 0) is 9.53 Å². The molecule has 5 nitrogen and oxygen atoms in total. The molecule has 1 aliphatic heterocycles. The average molecular weight is 338 g/mol. The van der Waals surface area contributed by atoms with Crippen molar-refractivity contribution >= 4 is 5.97 Å². The maximum atomic E-state index is 11.4. The first-order valence-electron chi connectivity index (χ1n) is 9.79. The molecule has 0 aromatic heterocycles. The zero-order chi connectivity index (χ0) is 17.2. The zero-order valence-electron chi connectivity index (χ0n) is 15.4. The van der Waals surface area contributed by atoms with Crippen LogP contribution in [0, 0.1) is 16.7 Å². The van der Waals surface area contributed by atoms with Crippen LogP contribution in [-0.4, -0.2) is 61.4 Å². The Balaban J connectivity index is 1.49. The van der Waals surface area contributed by atoms with Gasteiger partial charge in [-0.1, -0.05) is 13.3 Å². The lowest BCUT2D eigenvalue weighted by Crippen LogP contribution is -2.49. The maximum absolute atomic E-state index is 11.4. The molecule has 0 spiro atoms. The lowest BCUT2D eigenvalue weighted by Gasteiger charge is -2.42. The lowest BCUT2D eigenvalue weighted by molar-refractivity contribution is -0.144. The summed E-state index contributed by atoms with van der Waals surface area (Å²) in [6, 6.07) is 0.716. The largest absolute Gasteiger partial charge is 0.481 e. The van der Waals surface area contributed by atoms with Crippen molar-refractivity contribution in [3.63, 3.8) is 0 Å². The Labute approximate surface area is 146 Å². The number of rotatable bonds is 10. The standard InChI is InChI=1S/C19H34N2O3/c1-3-15-11-16(15)20-12-18(14-24-4-2)7-9-21(10-8-18)13-19(5-6-19)17(22)23/h15-16,20H,3-14H2,1-2H3,(H,22,23)/t15?,16-/m1/s1.